The van der Waals surface area contributed by atoms with Crippen molar-refractivity contribution >= 4 is 0 Å². The minimum Gasteiger partial charge on any atom is -0.387 e. The Morgan fingerprint density at radius 2 is 2.04 bits per heavy atom. The number of quaternary nitrogens is 1. The van der Waals surface area contributed by atoms with E-state index in [1.807, 2.05) is 13.0 Å². The molecule has 0 saturated carbocycles. The number of nitrogens with one attached hydrogen (secondary N) is 1. The van der Waals surface area contributed by atoms with Crippen molar-refractivity contribution < 1.29 is 10.0 Å². The lowest BCUT2D eigenvalue weighted by Crippen LogP contribution is -3.11. The maximum absolute atomic E-state index is 9.96. The molecule has 0 aliphatic carbocycles. The van der Waals surface area contributed by atoms with Crippen LogP contribution in [0.5, 0.6) is 0 Å². The number of aryl methyl sites for hydroxylation is 1. The van der Waals surface area contributed by atoms with E-state index < -0.39 is 0 Å². The Balaban J connectivity index is 2.10. The highest BCUT2D eigenvalue weighted by atomic mass is 16.3. The number of aliphatic hydroxyl groups excluding tert-OH is 1. The van der Waals surface area contributed by atoms with Gasteiger partial charge in [-0.3, -0.25) is 0 Å². The first-order valence-electron chi connectivity index (χ1n) is 8.45. The summed E-state index contributed by atoms with van der Waals surface area (Å²) in [5, 5.41) is 9.96. The van der Waals surface area contributed by atoms with Gasteiger partial charge >= 0.3 is 0 Å². The molecular weight excluding hydrogens is 284 g/mol. The highest BCUT2D eigenvalue weighted by Crippen LogP contribution is 2.11. The summed E-state index contributed by atoms with van der Waals surface area (Å²) in [6, 6.07) is 12.8. The summed E-state index contributed by atoms with van der Waals surface area (Å²) in [4.78, 5) is 1.35. The Kier molecular flexibility index (Phi) is 6.63. The molecule has 1 aromatic heterocycles. The first kappa shape index (κ1) is 17.5. The van der Waals surface area contributed by atoms with E-state index >= 15 is 0 Å². The molecule has 3 nitrogen and oxygen atoms in total. The van der Waals surface area contributed by atoms with Crippen molar-refractivity contribution in [2.45, 2.75) is 39.5 Å². The molecule has 2 N–H and O–H groups in total. The van der Waals surface area contributed by atoms with Gasteiger partial charge in [0.25, 0.3) is 0 Å². The van der Waals surface area contributed by atoms with Gasteiger partial charge < -0.3 is 14.6 Å². The minimum absolute atomic E-state index is 0.246. The zero-order valence-electron chi connectivity index (χ0n) is 14.3. The zero-order chi connectivity index (χ0) is 16.7. The molecule has 0 saturated heterocycles. The molecule has 2 rings (SSSR count). The second-order valence-electron chi connectivity index (χ2n) is 6.24. The molecule has 0 bridgehead atoms. The fraction of sp³-hybridized carbons (Fsp3) is 0.400. The van der Waals surface area contributed by atoms with E-state index in [1.165, 1.54) is 21.7 Å². The topological polar surface area (TPSA) is 29.6 Å². The predicted octanol–water partition coefficient (Wildman–Crippen LogP) is 2.19. The fourth-order valence-corrected chi connectivity index (χ4v) is 2.90. The smallest absolute Gasteiger partial charge is 0.118 e. The Morgan fingerprint density at radius 1 is 1.26 bits per heavy atom. The lowest BCUT2D eigenvalue weighted by Gasteiger charge is -2.21. The maximum Gasteiger partial charge on any atom is 0.118 e. The quantitative estimate of drug-likeness (QED) is 0.683. The van der Waals surface area contributed by atoms with E-state index in [-0.39, 0.29) is 6.10 Å². The van der Waals surface area contributed by atoms with Gasteiger partial charge in [0, 0.05) is 12.7 Å². The Morgan fingerprint density at radius 3 is 2.74 bits per heavy atom. The molecule has 1 aromatic carbocycles. The predicted molar refractivity (Wildman–Crippen MR) is 95.6 cm³/mol. The lowest BCUT2D eigenvalue weighted by atomic mass is 10.1. The van der Waals surface area contributed by atoms with Gasteiger partial charge in [0.05, 0.1) is 12.2 Å². The molecule has 0 spiro atoms. The third-order valence-corrected chi connectivity index (χ3v) is 4.39. The summed E-state index contributed by atoms with van der Waals surface area (Å²) in [5.74, 6) is 0. The number of hydrogen-bond acceptors (Lipinski definition) is 1. The standard InChI is InChI=1S/C20H28N2O/c1-4-12-21(16-20(23)5-2)15-19-11-8-13-22(19)14-18-10-7-6-9-17(18)3/h4,6-11,13,20,23H,1,5,12,14-16H2,2-3H3/p+1/t20-/m1/s1. The van der Waals surface area contributed by atoms with Gasteiger partial charge in [-0.05, 0) is 42.7 Å². The summed E-state index contributed by atoms with van der Waals surface area (Å²) >= 11 is 0. The second kappa shape index (κ2) is 8.70. The monoisotopic (exact) mass is 313 g/mol. The summed E-state index contributed by atoms with van der Waals surface area (Å²) in [7, 11) is 0. The van der Waals surface area contributed by atoms with Gasteiger partial charge in [-0.25, -0.2) is 0 Å². The van der Waals surface area contributed by atoms with Gasteiger partial charge in [0.2, 0.25) is 0 Å². The zero-order valence-corrected chi connectivity index (χ0v) is 14.3. The van der Waals surface area contributed by atoms with Gasteiger partial charge in [0.15, 0.2) is 0 Å². The highest BCUT2D eigenvalue weighted by Gasteiger charge is 2.15. The Labute approximate surface area is 139 Å². The number of aliphatic hydroxyl groups is 1. The third-order valence-electron chi connectivity index (χ3n) is 4.39. The molecule has 0 aliphatic rings. The third kappa shape index (κ3) is 5.08. The molecule has 0 amide bonds. The molecule has 2 atom stereocenters. The van der Waals surface area contributed by atoms with Crippen molar-refractivity contribution in [2.24, 2.45) is 0 Å². The SMILES string of the molecule is C=CC[NH+](Cc1cccn1Cc1ccccc1C)C[C@H](O)CC. The minimum atomic E-state index is -0.246. The number of hydrogen-bond donors (Lipinski definition) is 2. The summed E-state index contributed by atoms with van der Waals surface area (Å²) in [6.45, 7) is 11.5. The van der Waals surface area contributed by atoms with Crippen LogP contribution in [-0.2, 0) is 13.1 Å². The van der Waals surface area contributed by atoms with Crippen LogP contribution in [0.4, 0.5) is 0 Å². The number of rotatable bonds is 9. The van der Waals surface area contributed by atoms with Crippen LogP contribution < -0.4 is 4.90 Å². The van der Waals surface area contributed by atoms with Crippen LogP contribution in [0.2, 0.25) is 0 Å². The summed E-state index contributed by atoms with van der Waals surface area (Å²) in [5.41, 5.74) is 3.97. The summed E-state index contributed by atoms with van der Waals surface area (Å²) < 4.78 is 2.31. The van der Waals surface area contributed by atoms with E-state index in [9.17, 15) is 5.11 Å². The number of nitrogens with zero attached hydrogens (tertiary/aromatic N) is 1. The summed E-state index contributed by atoms with van der Waals surface area (Å²) in [6.07, 6.45) is 4.63. The number of aromatic nitrogens is 1. The van der Waals surface area contributed by atoms with E-state index in [0.717, 1.165) is 32.6 Å². The fourth-order valence-electron chi connectivity index (χ4n) is 2.90. The molecule has 1 heterocycles. The van der Waals surface area contributed by atoms with Crippen molar-refractivity contribution in [3.05, 3.63) is 72.1 Å². The van der Waals surface area contributed by atoms with E-state index in [2.05, 4.69) is 60.7 Å². The maximum atomic E-state index is 9.96. The first-order chi connectivity index (χ1) is 11.1. The van der Waals surface area contributed by atoms with Crippen LogP contribution in [0.25, 0.3) is 0 Å². The van der Waals surface area contributed by atoms with Crippen molar-refractivity contribution in [1.82, 2.24) is 4.57 Å². The molecule has 0 radical (unpaired) electrons. The van der Waals surface area contributed by atoms with Crippen LogP contribution in [0.3, 0.4) is 0 Å². The number of benzene rings is 1. The average molecular weight is 313 g/mol. The molecule has 1 unspecified atom stereocenters. The van der Waals surface area contributed by atoms with E-state index in [1.54, 1.807) is 0 Å². The van der Waals surface area contributed by atoms with Crippen molar-refractivity contribution in [1.29, 1.82) is 0 Å². The van der Waals surface area contributed by atoms with Gasteiger partial charge in [-0.1, -0.05) is 37.8 Å². The van der Waals surface area contributed by atoms with Crippen LogP contribution in [0.1, 0.15) is 30.2 Å². The molecular formula is C20H29N2O+. The van der Waals surface area contributed by atoms with Crippen LogP contribution in [0, 0.1) is 6.92 Å². The molecule has 23 heavy (non-hydrogen) atoms. The van der Waals surface area contributed by atoms with Crippen molar-refractivity contribution in [2.75, 3.05) is 13.1 Å². The normalized spacial score (nSPS) is 13.7. The molecule has 124 valence electrons. The molecule has 3 heteroatoms. The molecule has 2 aromatic rings. The lowest BCUT2D eigenvalue weighted by molar-refractivity contribution is -0.911. The Bertz CT molecular complexity index is 618. The Hall–Kier alpha value is -1.84. The largest absolute Gasteiger partial charge is 0.387 e. The second-order valence-corrected chi connectivity index (χ2v) is 6.24. The van der Waals surface area contributed by atoms with Gasteiger partial charge in [-0.2, -0.15) is 0 Å². The molecule has 0 fully saturated rings. The molecule has 0 aliphatic heterocycles. The average Bonchev–Trinajstić information content (AvgIpc) is 2.96. The van der Waals surface area contributed by atoms with E-state index in [4.69, 9.17) is 0 Å². The van der Waals surface area contributed by atoms with E-state index in [0.29, 0.717) is 0 Å². The van der Waals surface area contributed by atoms with Crippen molar-refractivity contribution in [3.8, 4) is 0 Å². The first-order valence-corrected chi connectivity index (χ1v) is 8.45. The van der Waals surface area contributed by atoms with Crippen LogP contribution in [-0.4, -0.2) is 28.9 Å². The van der Waals surface area contributed by atoms with Gasteiger partial charge in [0.1, 0.15) is 19.2 Å². The van der Waals surface area contributed by atoms with Gasteiger partial charge in [-0.15, -0.1) is 0 Å². The van der Waals surface area contributed by atoms with Crippen molar-refractivity contribution in [3.63, 3.8) is 0 Å². The van der Waals surface area contributed by atoms with Crippen LogP contribution >= 0.6 is 0 Å². The highest BCUT2D eigenvalue weighted by molar-refractivity contribution is 5.26. The van der Waals surface area contributed by atoms with Crippen LogP contribution in [0.15, 0.2) is 55.3 Å².